The second kappa shape index (κ2) is 4.02. The number of anilines is 1. The minimum atomic E-state index is -4.64. The number of alkyl halides is 3. The van der Waals surface area contributed by atoms with Crippen molar-refractivity contribution in [2.45, 2.75) is 6.18 Å². The highest BCUT2D eigenvalue weighted by Gasteiger charge is 2.37. The van der Waals surface area contributed by atoms with Crippen LogP contribution in [0.15, 0.2) is 27.2 Å². The third-order valence-electron chi connectivity index (χ3n) is 1.93. The van der Waals surface area contributed by atoms with Crippen LogP contribution in [0.3, 0.4) is 0 Å². The summed E-state index contributed by atoms with van der Waals surface area (Å²) >= 11 is 3.17. The van der Waals surface area contributed by atoms with E-state index in [1.165, 1.54) is 12.1 Å². The molecule has 0 aliphatic rings. The Morgan fingerprint density at radius 1 is 1.29 bits per heavy atom. The number of nitrogens with zero attached hydrogens (tertiary/aromatic N) is 2. The van der Waals surface area contributed by atoms with E-state index in [2.05, 4.69) is 30.6 Å². The Morgan fingerprint density at radius 2 is 2.00 bits per heavy atom. The molecule has 0 atom stereocenters. The molecule has 1 heterocycles. The zero-order valence-electron chi connectivity index (χ0n) is 8.12. The highest BCUT2D eigenvalue weighted by Crippen LogP contribution is 2.31. The molecule has 0 radical (unpaired) electrons. The molecule has 2 N–H and O–H groups in total. The lowest BCUT2D eigenvalue weighted by molar-refractivity contribution is -0.146. The molecule has 8 heteroatoms. The first kappa shape index (κ1) is 11.9. The maximum atomic E-state index is 12.3. The number of aromatic nitrogens is 2. The lowest BCUT2D eigenvalue weighted by Crippen LogP contribution is -2.07. The molecule has 0 saturated carbocycles. The van der Waals surface area contributed by atoms with Gasteiger partial charge in [0.25, 0.3) is 11.7 Å². The van der Waals surface area contributed by atoms with E-state index >= 15 is 0 Å². The summed E-state index contributed by atoms with van der Waals surface area (Å²) in [5.41, 5.74) is 6.12. The highest BCUT2D eigenvalue weighted by molar-refractivity contribution is 9.10. The molecule has 1 aromatic heterocycles. The first-order valence-electron chi connectivity index (χ1n) is 4.34. The minimum absolute atomic E-state index is 0.252. The van der Waals surface area contributed by atoms with Gasteiger partial charge in [-0.05, 0) is 18.2 Å². The van der Waals surface area contributed by atoms with Crippen molar-refractivity contribution < 1.29 is 17.7 Å². The summed E-state index contributed by atoms with van der Waals surface area (Å²) in [6.45, 7) is 0. The molecule has 2 rings (SSSR count). The lowest BCUT2D eigenvalue weighted by Gasteiger charge is -2.00. The second-order valence-electron chi connectivity index (χ2n) is 3.15. The monoisotopic (exact) mass is 307 g/mol. The van der Waals surface area contributed by atoms with Crippen LogP contribution in [0.4, 0.5) is 18.9 Å². The van der Waals surface area contributed by atoms with Crippen molar-refractivity contribution in [3.05, 3.63) is 28.5 Å². The van der Waals surface area contributed by atoms with Crippen molar-refractivity contribution in [1.29, 1.82) is 0 Å². The predicted molar refractivity (Wildman–Crippen MR) is 56.8 cm³/mol. The van der Waals surface area contributed by atoms with E-state index in [-0.39, 0.29) is 17.1 Å². The fourth-order valence-electron chi connectivity index (χ4n) is 1.16. The van der Waals surface area contributed by atoms with Gasteiger partial charge in [0.15, 0.2) is 0 Å². The van der Waals surface area contributed by atoms with E-state index in [0.29, 0.717) is 4.47 Å². The number of hydrogen-bond acceptors (Lipinski definition) is 4. The third-order valence-corrected chi connectivity index (χ3v) is 2.42. The van der Waals surface area contributed by atoms with Gasteiger partial charge in [0.05, 0.1) is 5.56 Å². The first-order chi connectivity index (χ1) is 7.88. The van der Waals surface area contributed by atoms with Gasteiger partial charge in [-0.2, -0.15) is 18.2 Å². The van der Waals surface area contributed by atoms with Gasteiger partial charge in [0.2, 0.25) is 0 Å². The van der Waals surface area contributed by atoms with Crippen LogP contribution < -0.4 is 5.73 Å². The van der Waals surface area contributed by atoms with Gasteiger partial charge in [0, 0.05) is 10.2 Å². The fraction of sp³-hybridized carbons (Fsp3) is 0.111. The Bertz CT molecular complexity index is 553. The summed E-state index contributed by atoms with van der Waals surface area (Å²) in [5, 5.41) is 2.85. The van der Waals surface area contributed by atoms with Crippen LogP contribution in [0.25, 0.3) is 11.5 Å². The summed E-state index contributed by atoms with van der Waals surface area (Å²) in [7, 11) is 0. The lowest BCUT2D eigenvalue weighted by atomic mass is 10.2. The normalized spacial score (nSPS) is 11.8. The number of nitrogens with two attached hydrogens (primary N) is 1. The molecule has 0 fully saturated rings. The number of benzene rings is 1. The molecule has 0 bridgehead atoms. The zero-order chi connectivity index (χ0) is 12.6. The van der Waals surface area contributed by atoms with E-state index < -0.39 is 12.0 Å². The quantitative estimate of drug-likeness (QED) is 0.822. The molecular weight excluding hydrogens is 303 g/mol. The molecule has 0 aliphatic heterocycles. The Morgan fingerprint density at radius 3 is 2.59 bits per heavy atom. The average Bonchev–Trinajstić information content (AvgIpc) is 2.70. The van der Waals surface area contributed by atoms with Gasteiger partial charge in [-0.1, -0.05) is 21.1 Å². The van der Waals surface area contributed by atoms with Crippen molar-refractivity contribution in [3.63, 3.8) is 0 Å². The number of nitrogen functional groups attached to an aromatic ring is 1. The maximum absolute atomic E-state index is 12.3. The molecule has 4 nitrogen and oxygen atoms in total. The maximum Gasteiger partial charge on any atom is 0.455 e. The zero-order valence-corrected chi connectivity index (χ0v) is 9.71. The molecule has 0 saturated heterocycles. The summed E-state index contributed by atoms with van der Waals surface area (Å²) in [6, 6.07) is 4.68. The molecule has 0 unspecified atom stereocenters. The molecule has 2 aromatic rings. The number of halogens is 4. The summed E-state index contributed by atoms with van der Waals surface area (Å²) in [5.74, 6) is -1.59. The van der Waals surface area contributed by atoms with Crippen LogP contribution in [0.5, 0.6) is 0 Å². The third kappa shape index (κ3) is 2.41. The van der Waals surface area contributed by atoms with E-state index in [4.69, 9.17) is 5.73 Å². The largest absolute Gasteiger partial charge is 0.455 e. The van der Waals surface area contributed by atoms with Crippen LogP contribution in [0.2, 0.25) is 0 Å². The Labute approximate surface area is 102 Å². The second-order valence-corrected chi connectivity index (χ2v) is 4.07. The molecule has 0 spiro atoms. The van der Waals surface area contributed by atoms with E-state index in [1.807, 2.05) is 0 Å². The molecular formula is C9H5BrF3N3O. The van der Waals surface area contributed by atoms with Gasteiger partial charge in [-0.15, -0.1) is 0 Å². The fourth-order valence-corrected chi connectivity index (χ4v) is 1.52. The topological polar surface area (TPSA) is 64.9 Å². The Hall–Kier alpha value is -1.57. The van der Waals surface area contributed by atoms with Crippen molar-refractivity contribution in [1.82, 2.24) is 10.1 Å². The Kier molecular flexibility index (Phi) is 2.82. The van der Waals surface area contributed by atoms with Gasteiger partial charge in [-0.3, -0.25) is 0 Å². The summed E-state index contributed by atoms with van der Waals surface area (Å²) in [4.78, 5) is 3.25. The van der Waals surface area contributed by atoms with Gasteiger partial charge >= 0.3 is 6.18 Å². The van der Waals surface area contributed by atoms with Crippen LogP contribution in [-0.2, 0) is 6.18 Å². The van der Waals surface area contributed by atoms with Crippen LogP contribution in [0.1, 0.15) is 5.82 Å². The molecule has 1 aromatic carbocycles. The van der Waals surface area contributed by atoms with E-state index in [0.717, 1.165) is 0 Å². The van der Waals surface area contributed by atoms with Crippen LogP contribution in [0, 0.1) is 0 Å². The summed E-state index contributed by atoms with van der Waals surface area (Å²) < 4.78 is 42.0. The van der Waals surface area contributed by atoms with Crippen LogP contribution >= 0.6 is 15.9 Å². The van der Waals surface area contributed by atoms with Crippen molar-refractivity contribution >= 4 is 21.6 Å². The first-order valence-corrected chi connectivity index (χ1v) is 5.13. The standard InChI is InChI=1S/C9H5BrF3N3O/c10-4-1-2-6(14)5(3-4)7-15-8(16-17-7)9(11,12)13/h1-3H,14H2. The van der Waals surface area contributed by atoms with Crippen molar-refractivity contribution in [2.24, 2.45) is 0 Å². The predicted octanol–water partition coefficient (Wildman–Crippen LogP) is 3.10. The van der Waals surface area contributed by atoms with Crippen molar-refractivity contribution in [2.75, 3.05) is 5.73 Å². The van der Waals surface area contributed by atoms with Crippen molar-refractivity contribution in [3.8, 4) is 11.5 Å². The highest BCUT2D eigenvalue weighted by atomic mass is 79.9. The smallest absolute Gasteiger partial charge is 0.398 e. The van der Waals surface area contributed by atoms with Gasteiger partial charge in [0.1, 0.15) is 0 Å². The average molecular weight is 308 g/mol. The molecule has 90 valence electrons. The number of rotatable bonds is 1. The molecule has 0 aliphatic carbocycles. The van der Waals surface area contributed by atoms with Crippen LogP contribution in [-0.4, -0.2) is 10.1 Å². The number of hydrogen-bond donors (Lipinski definition) is 1. The van der Waals surface area contributed by atoms with Gasteiger partial charge < -0.3 is 10.3 Å². The SMILES string of the molecule is Nc1ccc(Br)cc1-c1nc(C(F)(F)F)no1. The Balaban J connectivity index is 2.47. The van der Waals surface area contributed by atoms with Gasteiger partial charge in [-0.25, -0.2) is 0 Å². The molecule has 17 heavy (non-hydrogen) atoms. The minimum Gasteiger partial charge on any atom is -0.398 e. The van der Waals surface area contributed by atoms with E-state index in [9.17, 15) is 13.2 Å². The summed E-state index contributed by atoms with van der Waals surface area (Å²) in [6.07, 6.45) is -4.64. The van der Waals surface area contributed by atoms with E-state index in [1.54, 1.807) is 6.07 Å². The molecule has 0 amide bonds.